The Labute approximate surface area is 85.1 Å². The van der Waals surface area contributed by atoms with Crippen LogP contribution < -0.4 is 0 Å². The smallest absolute Gasteiger partial charge is 0.140 e. The van der Waals surface area contributed by atoms with Crippen LogP contribution in [-0.4, -0.2) is 5.78 Å². The molecular formula is C13H16O. The fourth-order valence-electron chi connectivity index (χ4n) is 2.30. The zero-order valence-electron chi connectivity index (χ0n) is 8.84. The quantitative estimate of drug-likeness (QED) is 0.661. The molecular weight excluding hydrogens is 172 g/mol. The van der Waals surface area contributed by atoms with Crippen LogP contribution in [0.5, 0.6) is 0 Å². The number of Topliss-reactive ketones (excluding diaryl/α,β-unsaturated/α-hetero) is 1. The van der Waals surface area contributed by atoms with Gasteiger partial charge in [0.25, 0.3) is 0 Å². The third-order valence-electron chi connectivity index (χ3n) is 3.33. The van der Waals surface area contributed by atoms with Crippen molar-refractivity contribution in [2.45, 2.75) is 39.0 Å². The van der Waals surface area contributed by atoms with Gasteiger partial charge in [-0.05, 0) is 43.4 Å². The first-order valence-electron chi connectivity index (χ1n) is 5.29. The summed E-state index contributed by atoms with van der Waals surface area (Å²) < 4.78 is 0. The van der Waals surface area contributed by atoms with E-state index >= 15 is 0 Å². The van der Waals surface area contributed by atoms with Crippen molar-refractivity contribution in [3.8, 4) is 0 Å². The molecule has 0 spiro atoms. The van der Waals surface area contributed by atoms with Crippen molar-refractivity contribution in [2.24, 2.45) is 0 Å². The Hall–Kier alpha value is -1.11. The molecule has 1 heteroatoms. The normalized spacial score (nSPS) is 21.6. The Bertz CT molecular complexity index is 365. The summed E-state index contributed by atoms with van der Waals surface area (Å²) >= 11 is 0. The van der Waals surface area contributed by atoms with E-state index in [1.807, 2.05) is 0 Å². The molecule has 0 amide bonds. The summed E-state index contributed by atoms with van der Waals surface area (Å²) in [7, 11) is 0. The number of ketones is 1. The van der Waals surface area contributed by atoms with E-state index in [4.69, 9.17) is 0 Å². The summed E-state index contributed by atoms with van der Waals surface area (Å²) in [5.74, 6) is 0.619. The van der Waals surface area contributed by atoms with Crippen molar-refractivity contribution in [3.63, 3.8) is 0 Å². The molecule has 0 N–H and O–H groups in total. The molecule has 2 rings (SSSR count). The van der Waals surface area contributed by atoms with Crippen LogP contribution in [0.15, 0.2) is 18.2 Å². The first-order chi connectivity index (χ1) is 6.70. The van der Waals surface area contributed by atoms with Gasteiger partial charge in [-0.1, -0.05) is 18.2 Å². The largest absolute Gasteiger partial charge is 0.299 e. The first-order valence-corrected chi connectivity index (χ1v) is 5.29. The van der Waals surface area contributed by atoms with Gasteiger partial charge in [-0.3, -0.25) is 4.79 Å². The maximum atomic E-state index is 11.6. The van der Waals surface area contributed by atoms with Crippen LogP contribution in [0, 0.1) is 13.8 Å². The number of benzene rings is 1. The molecule has 1 unspecified atom stereocenters. The van der Waals surface area contributed by atoms with Crippen LogP contribution in [0.2, 0.25) is 0 Å². The summed E-state index contributed by atoms with van der Waals surface area (Å²) in [6, 6.07) is 6.28. The molecule has 1 saturated carbocycles. The lowest BCUT2D eigenvalue weighted by molar-refractivity contribution is -0.118. The van der Waals surface area contributed by atoms with Gasteiger partial charge in [0.05, 0.1) is 0 Å². The molecule has 1 aliphatic carbocycles. The van der Waals surface area contributed by atoms with Gasteiger partial charge in [-0.2, -0.15) is 0 Å². The average molecular weight is 188 g/mol. The Morgan fingerprint density at radius 2 is 2.07 bits per heavy atom. The summed E-state index contributed by atoms with van der Waals surface area (Å²) in [5.41, 5.74) is 3.85. The van der Waals surface area contributed by atoms with Crippen LogP contribution in [0.3, 0.4) is 0 Å². The lowest BCUT2D eigenvalue weighted by Crippen LogP contribution is -2.06. The number of aryl methyl sites for hydroxylation is 1. The first kappa shape index (κ1) is 9.45. The number of rotatable bonds is 1. The van der Waals surface area contributed by atoms with E-state index in [1.165, 1.54) is 16.7 Å². The minimum atomic E-state index is 0.190. The molecule has 1 aromatic rings. The van der Waals surface area contributed by atoms with Crippen molar-refractivity contribution in [2.75, 3.05) is 0 Å². The van der Waals surface area contributed by atoms with Gasteiger partial charge in [0.1, 0.15) is 5.78 Å². The third kappa shape index (κ3) is 1.47. The Kier molecular flexibility index (Phi) is 2.40. The van der Waals surface area contributed by atoms with E-state index < -0.39 is 0 Å². The second-order valence-electron chi connectivity index (χ2n) is 4.20. The van der Waals surface area contributed by atoms with Crippen molar-refractivity contribution in [1.82, 2.24) is 0 Å². The van der Waals surface area contributed by atoms with Crippen molar-refractivity contribution in [3.05, 3.63) is 34.9 Å². The predicted octanol–water partition coefficient (Wildman–Crippen LogP) is 3.14. The van der Waals surface area contributed by atoms with Crippen molar-refractivity contribution >= 4 is 5.78 Å². The number of carbonyl (C=O) groups excluding carboxylic acids is 1. The van der Waals surface area contributed by atoms with Gasteiger partial charge >= 0.3 is 0 Å². The van der Waals surface area contributed by atoms with Gasteiger partial charge < -0.3 is 0 Å². The van der Waals surface area contributed by atoms with Crippen LogP contribution in [0.25, 0.3) is 0 Å². The molecule has 14 heavy (non-hydrogen) atoms. The molecule has 0 aliphatic heterocycles. The molecule has 0 heterocycles. The summed E-state index contributed by atoms with van der Waals surface area (Å²) in [6.07, 6.45) is 2.89. The van der Waals surface area contributed by atoms with Gasteiger partial charge in [-0.15, -0.1) is 0 Å². The van der Waals surface area contributed by atoms with E-state index in [0.717, 1.165) is 19.3 Å². The number of hydrogen-bond acceptors (Lipinski definition) is 1. The standard InChI is InChI=1S/C13H16O/c1-9-5-3-6-11(10(9)2)12-7-4-8-13(12)14/h3,5-6,12H,4,7-8H2,1-2H3. The molecule has 1 atom stereocenters. The lowest BCUT2D eigenvalue weighted by Gasteiger charge is -2.13. The third-order valence-corrected chi connectivity index (χ3v) is 3.33. The predicted molar refractivity (Wildman–Crippen MR) is 57.5 cm³/mol. The highest BCUT2D eigenvalue weighted by molar-refractivity contribution is 5.88. The highest BCUT2D eigenvalue weighted by atomic mass is 16.1. The minimum Gasteiger partial charge on any atom is -0.299 e. The highest BCUT2D eigenvalue weighted by Gasteiger charge is 2.26. The minimum absolute atomic E-state index is 0.190. The zero-order valence-corrected chi connectivity index (χ0v) is 8.84. The Morgan fingerprint density at radius 1 is 1.29 bits per heavy atom. The number of hydrogen-bond donors (Lipinski definition) is 0. The summed E-state index contributed by atoms with van der Waals surface area (Å²) in [6.45, 7) is 4.23. The Morgan fingerprint density at radius 3 is 2.71 bits per heavy atom. The van der Waals surface area contributed by atoms with Gasteiger partial charge in [0, 0.05) is 12.3 Å². The van der Waals surface area contributed by atoms with Crippen LogP contribution in [0.1, 0.15) is 41.9 Å². The second kappa shape index (κ2) is 3.56. The molecule has 0 radical (unpaired) electrons. The monoisotopic (exact) mass is 188 g/mol. The summed E-state index contributed by atoms with van der Waals surface area (Å²) in [4.78, 5) is 11.6. The fourth-order valence-corrected chi connectivity index (χ4v) is 2.30. The van der Waals surface area contributed by atoms with Crippen molar-refractivity contribution in [1.29, 1.82) is 0 Å². The fraction of sp³-hybridized carbons (Fsp3) is 0.462. The van der Waals surface area contributed by atoms with Gasteiger partial charge in [0.15, 0.2) is 0 Å². The molecule has 0 aromatic heterocycles. The second-order valence-corrected chi connectivity index (χ2v) is 4.20. The molecule has 0 saturated heterocycles. The van der Waals surface area contributed by atoms with Crippen molar-refractivity contribution < 1.29 is 4.79 Å². The van der Waals surface area contributed by atoms with E-state index in [1.54, 1.807) is 0 Å². The average Bonchev–Trinajstić information content (AvgIpc) is 2.57. The van der Waals surface area contributed by atoms with Crippen LogP contribution in [0.4, 0.5) is 0 Å². The molecule has 74 valence electrons. The molecule has 0 bridgehead atoms. The molecule has 1 aliphatic rings. The van der Waals surface area contributed by atoms with E-state index in [0.29, 0.717) is 5.78 Å². The van der Waals surface area contributed by atoms with Gasteiger partial charge in [0.2, 0.25) is 0 Å². The molecule has 1 aromatic carbocycles. The highest BCUT2D eigenvalue weighted by Crippen LogP contribution is 2.33. The van der Waals surface area contributed by atoms with E-state index in [2.05, 4.69) is 32.0 Å². The Balaban J connectivity index is 2.41. The molecule has 1 fully saturated rings. The molecule has 1 nitrogen and oxygen atoms in total. The maximum absolute atomic E-state index is 11.6. The topological polar surface area (TPSA) is 17.1 Å². The lowest BCUT2D eigenvalue weighted by atomic mass is 9.91. The number of carbonyl (C=O) groups is 1. The SMILES string of the molecule is Cc1cccc(C2CCCC2=O)c1C. The van der Waals surface area contributed by atoms with Gasteiger partial charge in [-0.25, -0.2) is 0 Å². The van der Waals surface area contributed by atoms with E-state index in [-0.39, 0.29) is 5.92 Å². The zero-order chi connectivity index (χ0) is 10.1. The summed E-state index contributed by atoms with van der Waals surface area (Å²) in [5, 5.41) is 0. The maximum Gasteiger partial charge on any atom is 0.140 e. The van der Waals surface area contributed by atoms with Crippen LogP contribution in [-0.2, 0) is 4.79 Å². The van der Waals surface area contributed by atoms with Crippen LogP contribution >= 0.6 is 0 Å². The van der Waals surface area contributed by atoms with E-state index in [9.17, 15) is 4.79 Å².